The summed E-state index contributed by atoms with van der Waals surface area (Å²) < 4.78 is 7.11. The van der Waals surface area contributed by atoms with Crippen molar-refractivity contribution in [3.8, 4) is 0 Å². The molecule has 8 heteroatoms. The van der Waals surface area contributed by atoms with Gasteiger partial charge in [-0.05, 0) is 61.6 Å². The third kappa shape index (κ3) is 7.72. The highest BCUT2D eigenvalue weighted by Crippen LogP contribution is 2.43. The predicted molar refractivity (Wildman–Crippen MR) is 191 cm³/mol. The van der Waals surface area contributed by atoms with E-state index in [2.05, 4.69) is 17.7 Å². The van der Waals surface area contributed by atoms with Crippen LogP contribution in [0.4, 0.5) is 4.79 Å². The fourth-order valence-corrected chi connectivity index (χ4v) is 9.04. The molecular formula is C41H54N3O5+. The van der Waals surface area contributed by atoms with Crippen LogP contribution in [0.5, 0.6) is 0 Å². The normalized spacial score (nSPS) is 27.9. The average molecular weight is 669 g/mol. The summed E-state index contributed by atoms with van der Waals surface area (Å²) in [5, 5.41) is 28.2. The van der Waals surface area contributed by atoms with E-state index in [1.807, 2.05) is 97.9 Å². The minimum Gasteiger partial charge on any atom is -0.461 e. The summed E-state index contributed by atoms with van der Waals surface area (Å²) in [6.07, 6.45) is 9.31. The molecule has 3 fully saturated rings. The summed E-state index contributed by atoms with van der Waals surface area (Å²) >= 11 is 0. The highest BCUT2D eigenvalue weighted by atomic mass is 16.5. The number of carbonyl (C=O) groups excluding carboxylic acids is 2. The number of carbonyl (C=O) groups is 2. The maximum absolute atomic E-state index is 13.2. The van der Waals surface area contributed by atoms with E-state index in [0.717, 1.165) is 66.2 Å². The number of quaternary nitrogens is 1. The number of rotatable bonds is 12. The van der Waals surface area contributed by atoms with Crippen LogP contribution in [0.2, 0.25) is 0 Å². The molecule has 2 bridgehead atoms. The highest BCUT2D eigenvalue weighted by molar-refractivity contribution is 5.78. The Labute approximate surface area is 291 Å². The van der Waals surface area contributed by atoms with Crippen molar-refractivity contribution < 1.29 is 29.0 Å². The van der Waals surface area contributed by atoms with Gasteiger partial charge in [-0.25, -0.2) is 4.79 Å². The van der Waals surface area contributed by atoms with Gasteiger partial charge in [0.15, 0.2) is 0 Å². The number of ether oxygens (including phenoxy) is 1. The van der Waals surface area contributed by atoms with Crippen molar-refractivity contribution >= 4 is 12.0 Å². The lowest BCUT2D eigenvalue weighted by molar-refractivity contribution is -0.949. The minimum absolute atomic E-state index is 0.0827. The molecule has 8 nitrogen and oxygen atoms in total. The first-order chi connectivity index (χ1) is 23.7. The first kappa shape index (κ1) is 35.1. The largest absolute Gasteiger partial charge is 0.461 e. The highest BCUT2D eigenvalue weighted by Gasteiger charge is 2.52. The second-order valence-electron chi connectivity index (χ2n) is 15.0. The van der Waals surface area contributed by atoms with Crippen LogP contribution in [0.3, 0.4) is 0 Å². The van der Waals surface area contributed by atoms with Crippen molar-refractivity contribution in [3.05, 3.63) is 108 Å². The lowest BCUT2D eigenvalue weighted by Gasteiger charge is -2.47. The molecule has 0 radical (unpaired) electrons. The van der Waals surface area contributed by atoms with Crippen LogP contribution in [0.25, 0.3) is 0 Å². The van der Waals surface area contributed by atoms with Crippen LogP contribution < -0.4 is 10.6 Å². The van der Waals surface area contributed by atoms with Gasteiger partial charge in [-0.3, -0.25) is 4.79 Å². The number of nitrogens with zero attached hydrogens (tertiary/aromatic N) is 1. The smallest absolute Gasteiger partial charge is 0.316 e. The number of piperidine rings is 1. The van der Waals surface area contributed by atoms with Crippen LogP contribution in [0, 0.1) is 5.92 Å². The summed E-state index contributed by atoms with van der Waals surface area (Å²) in [6.45, 7) is 2.75. The zero-order valence-corrected chi connectivity index (χ0v) is 29.0. The van der Waals surface area contributed by atoms with E-state index in [-0.39, 0.29) is 30.8 Å². The lowest BCUT2D eigenvalue weighted by Crippen LogP contribution is -2.59. The van der Waals surface area contributed by atoms with Crippen molar-refractivity contribution in [3.63, 3.8) is 0 Å². The van der Waals surface area contributed by atoms with Crippen molar-refractivity contribution in [2.24, 2.45) is 5.92 Å². The number of urea groups is 1. The fourth-order valence-electron chi connectivity index (χ4n) is 9.04. The van der Waals surface area contributed by atoms with Crippen molar-refractivity contribution in [1.82, 2.24) is 10.6 Å². The number of fused-ring (bicyclic) bond motifs is 2. The van der Waals surface area contributed by atoms with Gasteiger partial charge >= 0.3 is 12.0 Å². The van der Waals surface area contributed by atoms with Crippen molar-refractivity contribution in [2.45, 2.75) is 107 Å². The van der Waals surface area contributed by atoms with E-state index in [4.69, 9.17) is 4.74 Å². The van der Waals surface area contributed by atoms with E-state index in [1.54, 1.807) is 0 Å². The molecule has 3 aromatic carbocycles. The van der Waals surface area contributed by atoms with Gasteiger partial charge in [-0.2, -0.15) is 0 Å². The number of benzene rings is 3. The molecule has 2 saturated heterocycles. The van der Waals surface area contributed by atoms with E-state index in [0.29, 0.717) is 18.0 Å². The SMILES string of the molecule is C[C@H](NC(=O)NC1CCC(CC[N+]2(C)[C@@H]3CC[C@H]2CC(OC(=O)C(CO)c2ccccc2)C3)CC1)C(O)(c1ccccc1)c1ccccc1. The first-order valence-corrected chi connectivity index (χ1v) is 18.3. The van der Waals surface area contributed by atoms with Gasteiger partial charge in [0.2, 0.25) is 0 Å². The third-order valence-electron chi connectivity index (χ3n) is 12.1. The quantitative estimate of drug-likeness (QED) is 0.140. The second kappa shape index (κ2) is 15.4. The molecular weight excluding hydrogens is 614 g/mol. The molecule has 6 atom stereocenters. The van der Waals surface area contributed by atoms with Gasteiger partial charge in [0.1, 0.15) is 17.6 Å². The van der Waals surface area contributed by atoms with Crippen molar-refractivity contribution in [1.29, 1.82) is 0 Å². The number of aliphatic hydroxyl groups is 2. The summed E-state index contributed by atoms with van der Waals surface area (Å²) in [7, 11) is 2.41. The monoisotopic (exact) mass is 668 g/mol. The molecule has 1 aliphatic carbocycles. The molecule has 262 valence electrons. The summed E-state index contributed by atoms with van der Waals surface area (Å²) in [4.78, 5) is 26.3. The van der Waals surface area contributed by atoms with Crippen LogP contribution in [-0.2, 0) is 15.1 Å². The first-order valence-electron chi connectivity index (χ1n) is 18.3. The number of hydrogen-bond donors (Lipinski definition) is 4. The van der Waals surface area contributed by atoms with Gasteiger partial charge in [-0.15, -0.1) is 0 Å². The second-order valence-corrected chi connectivity index (χ2v) is 15.0. The van der Waals surface area contributed by atoms with Gasteiger partial charge in [-0.1, -0.05) is 91.0 Å². The molecule has 3 aliphatic rings. The number of amides is 2. The summed E-state index contributed by atoms with van der Waals surface area (Å²) in [5.74, 6) is -0.305. The molecule has 3 unspecified atom stereocenters. The molecule has 49 heavy (non-hydrogen) atoms. The van der Waals surface area contributed by atoms with Crippen LogP contribution in [0.1, 0.15) is 87.3 Å². The van der Waals surface area contributed by atoms with Crippen LogP contribution in [0.15, 0.2) is 91.0 Å². The van der Waals surface area contributed by atoms with Gasteiger partial charge in [0.25, 0.3) is 0 Å². The number of nitrogens with one attached hydrogen (secondary N) is 2. The van der Waals surface area contributed by atoms with Crippen molar-refractivity contribution in [2.75, 3.05) is 20.2 Å². The van der Waals surface area contributed by atoms with Crippen LogP contribution >= 0.6 is 0 Å². The van der Waals surface area contributed by atoms with E-state index in [9.17, 15) is 19.8 Å². The molecule has 2 amide bonds. The number of hydrogen-bond acceptors (Lipinski definition) is 5. The minimum atomic E-state index is -1.36. The summed E-state index contributed by atoms with van der Waals surface area (Å²) in [6, 6.07) is 28.8. The molecule has 6 rings (SSSR count). The predicted octanol–water partition coefficient (Wildman–Crippen LogP) is 6.02. The Hall–Kier alpha value is -3.72. The maximum atomic E-state index is 13.2. The lowest BCUT2D eigenvalue weighted by atomic mass is 9.81. The van der Waals surface area contributed by atoms with E-state index < -0.39 is 17.6 Å². The van der Waals surface area contributed by atoms with E-state index >= 15 is 0 Å². The summed E-state index contributed by atoms with van der Waals surface area (Å²) in [5.41, 5.74) is 0.912. The number of esters is 1. The molecule has 3 aromatic rings. The Balaban J connectivity index is 0.961. The average Bonchev–Trinajstić information content (AvgIpc) is 3.26. The number of aliphatic hydroxyl groups excluding tert-OH is 1. The Bertz CT molecular complexity index is 1460. The topological polar surface area (TPSA) is 108 Å². The zero-order chi connectivity index (χ0) is 34.4. The van der Waals surface area contributed by atoms with E-state index in [1.165, 1.54) is 19.3 Å². The molecule has 4 N–H and O–H groups in total. The molecule has 1 saturated carbocycles. The Morgan fingerprint density at radius 2 is 1.37 bits per heavy atom. The Morgan fingerprint density at radius 1 is 0.837 bits per heavy atom. The Morgan fingerprint density at radius 3 is 1.90 bits per heavy atom. The fraction of sp³-hybridized carbons (Fsp3) is 0.512. The van der Waals surface area contributed by atoms with Gasteiger partial charge < -0.3 is 30.1 Å². The zero-order valence-electron chi connectivity index (χ0n) is 29.0. The maximum Gasteiger partial charge on any atom is 0.316 e. The molecule has 2 heterocycles. The Kier molecular flexibility index (Phi) is 11.1. The third-order valence-corrected chi connectivity index (χ3v) is 12.1. The van der Waals surface area contributed by atoms with Gasteiger partial charge in [0.05, 0.1) is 38.3 Å². The molecule has 0 spiro atoms. The van der Waals surface area contributed by atoms with Crippen LogP contribution in [-0.4, -0.2) is 77.2 Å². The molecule has 2 aliphatic heterocycles. The molecule has 0 aromatic heterocycles. The standard InChI is InChI=1S/C41H53N3O5/c1-29(41(48,32-14-8-4-9-15-32)33-16-10-5-11-17-33)42-40(47)43-34-20-18-30(19-21-34)24-25-44(2)35-22-23-36(44)27-37(26-35)49-39(46)38(28-45)31-12-6-3-7-13-31/h3-17,29-30,34-38,45,48H,18-28H2,1-2H3,(H-,42,43,47)/p+1/t29-,30?,34?,35-,36+,37?,38?,44?/m0/s1. The van der Waals surface area contributed by atoms with Gasteiger partial charge in [0, 0.05) is 31.7 Å².